The van der Waals surface area contributed by atoms with Crippen LogP contribution >= 0.6 is 0 Å². The molecule has 21 heavy (non-hydrogen) atoms. The Labute approximate surface area is 126 Å². The molecule has 0 radical (unpaired) electrons. The first-order valence-electron chi connectivity index (χ1n) is 7.44. The normalized spacial score (nSPS) is 28.5. The third kappa shape index (κ3) is 3.39. The van der Waals surface area contributed by atoms with Crippen molar-refractivity contribution in [3.05, 3.63) is 23.0 Å². The van der Waals surface area contributed by atoms with E-state index in [2.05, 4.69) is 16.7 Å². The minimum Gasteiger partial charge on any atom is -0.388 e. The molecular weight excluding hydrogens is 266 g/mol. The van der Waals surface area contributed by atoms with Crippen LogP contribution in [0.2, 0.25) is 0 Å². The highest BCUT2D eigenvalue weighted by atomic mass is 16.3. The minimum atomic E-state index is -0.831. The lowest BCUT2D eigenvalue weighted by molar-refractivity contribution is 0.0459. The van der Waals surface area contributed by atoms with Gasteiger partial charge in [0.25, 0.3) is 0 Å². The molecule has 2 aliphatic heterocycles. The Hall–Kier alpha value is -1.51. The van der Waals surface area contributed by atoms with Crippen LogP contribution in [0.5, 0.6) is 0 Å². The van der Waals surface area contributed by atoms with Crippen LogP contribution in [0.1, 0.15) is 47.0 Å². The van der Waals surface area contributed by atoms with Crippen molar-refractivity contribution in [1.82, 2.24) is 10.6 Å². The van der Waals surface area contributed by atoms with Crippen LogP contribution in [-0.4, -0.2) is 33.5 Å². The zero-order valence-corrected chi connectivity index (χ0v) is 13.2. The van der Waals surface area contributed by atoms with Gasteiger partial charge in [-0.15, -0.1) is 0 Å². The molecule has 116 valence electrons. The van der Waals surface area contributed by atoms with E-state index in [4.69, 9.17) is 0 Å². The van der Waals surface area contributed by atoms with E-state index in [0.717, 1.165) is 24.2 Å². The average molecular weight is 291 g/mol. The summed E-state index contributed by atoms with van der Waals surface area (Å²) in [6, 6.07) is 2.13. The van der Waals surface area contributed by atoms with Crippen LogP contribution in [0.25, 0.3) is 0 Å². The molecule has 1 saturated heterocycles. The Kier molecular flexibility index (Phi) is 4.05. The Balaban J connectivity index is 2.16. The van der Waals surface area contributed by atoms with Gasteiger partial charge < -0.3 is 20.8 Å². The van der Waals surface area contributed by atoms with Gasteiger partial charge in [-0.1, -0.05) is 6.08 Å². The summed E-state index contributed by atoms with van der Waals surface area (Å²) in [7, 11) is 0. The van der Waals surface area contributed by atoms with E-state index in [9.17, 15) is 15.5 Å². The maximum Gasteiger partial charge on any atom is 0.103 e. The second kappa shape index (κ2) is 5.36. The molecule has 2 unspecified atom stereocenters. The van der Waals surface area contributed by atoms with Crippen LogP contribution in [-0.2, 0) is 0 Å². The van der Waals surface area contributed by atoms with Crippen molar-refractivity contribution in [2.24, 2.45) is 0 Å². The molecule has 0 spiro atoms. The van der Waals surface area contributed by atoms with Gasteiger partial charge in [-0.3, -0.25) is 0 Å². The first kappa shape index (κ1) is 15.9. The standard InChI is InChI=1S/C16H25N3O2/c1-15(2,20)13-7-5-11(18-13)10(9-17)12-6-8-14(19-12)16(3,4)21/h5,13-14,18-21H,6-8H2,1-4H3/b12-10+. The first-order chi connectivity index (χ1) is 9.63. The van der Waals surface area contributed by atoms with Crippen molar-refractivity contribution in [2.75, 3.05) is 0 Å². The molecule has 2 rings (SSSR count). The van der Waals surface area contributed by atoms with Crippen LogP contribution in [0.4, 0.5) is 0 Å². The van der Waals surface area contributed by atoms with E-state index in [1.807, 2.05) is 6.08 Å². The van der Waals surface area contributed by atoms with E-state index in [1.54, 1.807) is 27.7 Å². The van der Waals surface area contributed by atoms with E-state index < -0.39 is 11.2 Å². The fraction of sp³-hybridized carbons (Fsp3) is 0.688. The van der Waals surface area contributed by atoms with Crippen LogP contribution in [0, 0.1) is 11.3 Å². The third-order valence-corrected chi connectivity index (χ3v) is 4.31. The first-order valence-corrected chi connectivity index (χ1v) is 7.44. The van der Waals surface area contributed by atoms with Gasteiger partial charge in [-0.2, -0.15) is 5.26 Å². The largest absolute Gasteiger partial charge is 0.388 e. The quantitative estimate of drug-likeness (QED) is 0.589. The monoisotopic (exact) mass is 291 g/mol. The lowest BCUT2D eigenvalue weighted by atomic mass is 9.98. The van der Waals surface area contributed by atoms with E-state index >= 15 is 0 Å². The second-order valence-corrected chi connectivity index (χ2v) is 7.06. The highest BCUT2D eigenvalue weighted by molar-refractivity contribution is 5.47. The van der Waals surface area contributed by atoms with Crippen molar-refractivity contribution in [1.29, 1.82) is 5.26 Å². The van der Waals surface area contributed by atoms with Crippen molar-refractivity contribution in [2.45, 2.75) is 70.2 Å². The van der Waals surface area contributed by atoms with Gasteiger partial charge >= 0.3 is 0 Å². The summed E-state index contributed by atoms with van der Waals surface area (Å²) in [6.45, 7) is 7.08. The van der Waals surface area contributed by atoms with Crippen molar-refractivity contribution in [3.8, 4) is 6.07 Å². The molecule has 2 atom stereocenters. The molecule has 0 amide bonds. The Bertz CT molecular complexity index is 515. The lowest BCUT2D eigenvalue weighted by Crippen LogP contribution is -2.44. The van der Waals surface area contributed by atoms with E-state index in [0.29, 0.717) is 12.0 Å². The molecule has 1 fully saturated rings. The molecule has 4 N–H and O–H groups in total. The number of nitrogens with one attached hydrogen (secondary N) is 2. The molecular formula is C16H25N3O2. The minimum absolute atomic E-state index is 0.0390. The predicted molar refractivity (Wildman–Crippen MR) is 81.0 cm³/mol. The van der Waals surface area contributed by atoms with Crippen molar-refractivity contribution >= 4 is 0 Å². The van der Waals surface area contributed by atoms with Gasteiger partial charge in [-0.05, 0) is 47.0 Å². The topological polar surface area (TPSA) is 88.3 Å². The zero-order chi connectivity index (χ0) is 15.8. The Morgan fingerprint density at radius 1 is 1.19 bits per heavy atom. The summed E-state index contributed by atoms with van der Waals surface area (Å²) in [5.74, 6) is 0. The third-order valence-electron chi connectivity index (χ3n) is 4.31. The molecule has 2 heterocycles. The fourth-order valence-electron chi connectivity index (χ4n) is 2.84. The molecule has 5 nitrogen and oxygen atoms in total. The number of nitrogens with zero attached hydrogens (tertiary/aromatic N) is 1. The lowest BCUT2D eigenvalue weighted by Gasteiger charge is -2.27. The summed E-state index contributed by atoms with van der Waals surface area (Å²) in [5.41, 5.74) is 0.606. The fourth-order valence-corrected chi connectivity index (χ4v) is 2.84. The number of rotatable bonds is 3. The number of hydrogen-bond acceptors (Lipinski definition) is 5. The Morgan fingerprint density at radius 3 is 2.24 bits per heavy atom. The number of hydrogen-bond donors (Lipinski definition) is 4. The molecule has 2 aliphatic rings. The zero-order valence-electron chi connectivity index (χ0n) is 13.2. The van der Waals surface area contributed by atoms with Crippen molar-refractivity contribution < 1.29 is 10.2 Å². The smallest absolute Gasteiger partial charge is 0.103 e. The maximum atomic E-state index is 10.1. The SMILES string of the molecule is CC(C)(O)C1CC=C(/C(C#N)=C2\CCC(C(C)(C)O)N2)N1. The molecule has 0 aliphatic carbocycles. The van der Waals surface area contributed by atoms with Gasteiger partial charge in [0.15, 0.2) is 0 Å². The summed E-state index contributed by atoms with van der Waals surface area (Å²) in [6.07, 6.45) is 4.23. The molecule has 0 aromatic rings. The maximum absolute atomic E-state index is 10.1. The summed E-state index contributed by atoms with van der Waals surface area (Å²) >= 11 is 0. The van der Waals surface area contributed by atoms with Gasteiger partial charge in [0.05, 0.1) is 34.6 Å². The van der Waals surface area contributed by atoms with Gasteiger partial charge in [0.1, 0.15) is 6.07 Å². The number of aliphatic hydroxyl groups is 2. The summed E-state index contributed by atoms with van der Waals surface area (Å²) in [4.78, 5) is 0. The highest BCUT2D eigenvalue weighted by Gasteiger charge is 2.35. The van der Waals surface area contributed by atoms with Gasteiger partial charge in [-0.25, -0.2) is 0 Å². The summed E-state index contributed by atoms with van der Waals surface area (Å²) in [5, 5.41) is 36.1. The molecule has 0 bridgehead atoms. The van der Waals surface area contributed by atoms with Gasteiger partial charge in [0.2, 0.25) is 0 Å². The van der Waals surface area contributed by atoms with Crippen LogP contribution < -0.4 is 10.6 Å². The molecule has 5 heteroatoms. The van der Waals surface area contributed by atoms with Crippen LogP contribution in [0.15, 0.2) is 23.0 Å². The second-order valence-electron chi connectivity index (χ2n) is 7.06. The van der Waals surface area contributed by atoms with E-state index in [-0.39, 0.29) is 12.1 Å². The average Bonchev–Trinajstić information content (AvgIpc) is 2.96. The number of nitriles is 1. The van der Waals surface area contributed by atoms with Crippen LogP contribution in [0.3, 0.4) is 0 Å². The van der Waals surface area contributed by atoms with Crippen molar-refractivity contribution in [3.63, 3.8) is 0 Å². The predicted octanol–water partition coefficient (Wildman–Crippen LogP) is 1.30. The number of allylic oxidation sites excluding steroid dienone is 2. The molecule has 0 saturated carbocycles. The Morgan fingerprint density at radius 2 is 1.81 bits per heavy atom. The summed E-state index contributed by atoms with van der Waals surface area (Å²) < 4.78 is 0. The highest BCUT2D eigenvalue weighted by Crippen LogP contribution is 2.30. The van der Waals surface area contributed by atoms with E-state index in [1.165, 1.54) is 0 Å². The van der Waals surface area contributed by atoms with Gasteiger partial charge in [0, 0.05) is 5.70 Å². The molecule has 0 aromatic carbocycles. The molecule has 0 aromatic heterocycles.